The number of hydrogen-bond donors (Lipinski definition) is 1. The summed E-state index contributed by atoms with van der Waals surface area (Å²) in [5.74, 6) is -0.275. The first-order valence-corrected chi connectivity index (χ1v) is 9.53. The molecule has 2 heterocycles. The zero-order chi connectivity index (χ0) is 17.9. The molecule has 1 aromatic carbocycles. The third kappa shape index (κ3) is 4.24. The van der Waals surface area contributed by atoms with Gasteiger partial charge in [-0.3, -0.25) is 9.59 Å². The summed E-state index contributed by atoms with van der Waals surface area (Å²) in [5, 5.41) is 2.55. The smallest absolute Gasteiger partial charge is 0.251 e. The number of amides is 2. The molecule has 2 amide bonds. The van der Waals surface area contributed by atoms with Crippen molar-refractivity contribution in [3.63, 3.8) is 0 Å². The van der Waals surface area contributed by atoms with E-state index in [4.69, 9.17) is 4.42 Å². The molecule has 1 aliphatic heterocycles. The molecule has 0 radical (unpaired) electrons. The fourth-order valence-corrected chi connectivity index (χ4v) is 3.66. The van der Waals surface area contributed by atoms with Crippen LogP contribution in [0.25, 0.3) is 11.5 Å². The van der Waals surface area contributed by atoms with Crippen LogP contribution in [0.4, 0.5) is 0 Å². The van der Waals surface area contributed by atoms with Crippen LogP contribution in [0.5, 0.6) is 0 Å². The van der Waals surface area contributed by atoms with Crippen molar-refractivity contribution in [2.45, 2.75) is 0 Å². The van der Waals surface area contributed by atoms with Gasteiger partial charge in [-0.25, -0.2) is 13.4 Å². The van der Waals surface area contributed by atoms with Gasteiger partial charge in [0.2, 0.25) is 11.8 Å². The highest BCUT2D eigenvalue weighted by Crippen LogP contribution is 2.17. The first-order valence-electron chi connectivity index (χ1n) is 7.71. The number of oxazole rings is 1. The lowest BCUT2D eigenvalue weighted by atomic mass is 10.1. The molecule has 8 nitrogen and oxygen atoms in total. The van der Waals surface area contributed by atoms with Gasteiger partial charge in [-0.15, -0.1) is 0 Å². The number of benzene rings is 1. The van der Waals surface area contributed by atoms with E-state index in [1.54, 1.807) is 24.3 Å². The average Bonchev–Trinajstić information content (AvgIpc) is 3.14. The molecule has 2 aromatic rings. The first-order chi connectivity index (χ1) is 11.9. The predicted molar refractivity (Wildman–Crippen MR) is 89.5 cm³/mol. The van der Waals surface area contributed by atoms with Gasteiger partial charge in [0.1, 0.15) is 6.26 Å². The van der Waals surface area contributed by atoms with E-state index in [1.165, 1.54) is 17.4 Å². The molecule has 0 atom stereocenters. The highest BCUT2D eigenvalue weighted by molar-refractivity contribution is 7.91. The Morgan fingerprint density at radius 1 is 1.16 bits per heavy atom. The summed E-state index contributed by atoms with van der Waals surface area (Å²) in [6.45, 7) is 0.171. The number of aromatic nitrogens is 1. The monoisotopic (exact) mass is 363 g/mol. The van der Waals surface area contributed by atoms with Crippen LogP contribution in [-0.2, 0) is 14.6 Å². The topological polar surface area (TPSA) is 110 Å². The van der Waals surface area contributed by atoms with Gasteiger partial charge >= 0.3 is 0 Å². The molecular weight excluding hydrogens is 346 g/mol. The van der Waals surface area contributed by atoms with Crippen LogP contribution in [-0.4, -0.2) is 61.3 Å². The van der Waals surface area contributed by atoms with Crippen molar-refractivity contribution in [1.82, 2.24) is 15.2 Å². The molecule has 132 valence electrons. The van der Waals surface area contributed by atoms with Crippen LogP contribution in [0.15, 0.2) is 41.1 Å². The molecule has 0 unspecified atom stereocenters. The Balaban J connectivity index is 1.53. The van der Waals surface area contributed by atoms with E-state index >= 15 is 0 Å². The van der Waals surface area contributed by atoms with Crippen LogP contribution in [0.3, 0.4) is 0 Å². The van der Waals surface area contributed by atoms with Crippen molar-refractivity contribution < 1.29 is 22.4 Å². The molecule has 1 aromatic heterocycles. The van der Waals surface area contributed by atoms with Gasteiger partial charge in [-0.05, 0) is 24.3 Å². The Bertz CT molecular complexity index is 846. The van der Waals surface area contributed by atoms with Crippen molar-refractivity contribution >= 4 is 21.7 Å². The summed E-state index contributed by atoms with van der Waals surface area (Å²) in [6.07, 6.45) is 3.00. The number of nitrogens with one attached hydrogen (secondary N) is 1. The molecular formula is C16H17N3O5S. The van der Waals surface area contributed by atoms with Gasteiger partial charge in [-0.2, -0.15) is 0 Å². The van der Waals surface area contributed by atoms with Crippen LogP contribution < -0.4 is 5.32 Å². The second-order valence-corrected chi connectivity index (χ2v) is 7.93. The van der Waals surface area contributed by atoms with E-state index in [0.29, 0.717) is 11.5 Å². The van der Waals surface area contributed by atoms with E-state index in [-0.39, 0.29) is 43.0 Å². The summed E-state index contributed by atoms with van der Waals surface area (Å²) in [4.78, 5) is 29.6. The first kappa shape index (κ1) is 17.2. The van der Waals surface area contributed by atoms with Crippen molar-refractivity contribution in [3.05, 3.63) is 42.3 Å². The highest BCUT2D eigenvalue weighted by atomic mass is 32.2. The average molecular weight is 363 g/mol. The number of sulfone groups is 1. The largest absolute Gasteiger partial charge is 0.445 e. The minimum atomic E-state index is -3.04. The van der Waals surface area contributed by atoms with Gasteiger partial charge in [-0.1, -0.05) is 0 Å². The second-order valence-electron chi connectivity index (χ2n) is 5.63. The number of nitrogens with zero attached hydrogens (tertiary/aromatic N) is 2. The molecule has 0 saturated carbocycles. The summed E-state index contributed by atoms with van der Waals surface area (Å²) >= 11 is 0. The Hall–Kier alpha value is -2.68. The molecule has 0 aliphatic carbocycles. The maximum atomic E-state index is 12.1. The summed E-state index contributed by atoms with van der Waals surface area (Å²) in [5.41, 5.74) is 1.15. The normalized spacial score (nSPS) is 16.4. The van der Waals surface area contributed by atoms with E-state index in [1.807, 2.05) is 0 Å². The summed E-state index contributed by atoms with van der Waals surface area (Å²) in [7, 11) is -3.04. The SMILES string of the molecule is O=C(NCC(=O)N1CCS(=O)(=O)CC1)c1ccc(-c2ncco2)cc1. The molecule has 1 aliphatic rings. The lowest BCUT2D eigenvalue weighted by molar-refractivity contribution is -0.129. The van der Waals surface area contributed by atoms with E-state index in [2.05, 4.69) is 10.3 Å². The standard InChI is InChI=1S/C16H17N3O5S/c20-14(19-6-9-25(22,23)10-7-19)11-18-15(21)12-1-3-13(4-2-12)16-17-5-8-24-16/h1-5,8H,6-7,9-11H2,(H,18,21). The lowest BCUT2D eigenvalue weighted by Crippen LogP contribution is -2.47. The molecule has 25 heavy (non-hydrogen) atoms. The number of rotatable bonds is 4. The second kappa shape index (κ2) is 7.06. The predicted octanol–water partition coefficient (Wildman–Crippen LogP) is 0.328. The number of carbonyl (C=O) groups is 2. The molecule has 9 heteroatoms. The molecule has 3 rings (SSSR count). The Kier molecular flexibility index (Phi) is 4.84. The molecule has 1 saturated heterocycles. The van der Waals surface area contributed by atoms with Crippen molar-refractivity contribution in [3.8, 4) is 11.5 Å². The fraction of sp³-hybridized carbons (Fsp3) is 0.312. The zero-order valence-corrected chi connectivity index (χ0v) is 14.2. The van der Waals surface area contributed by atoms with E-state index < -0.39 is 9.84 Å². The minimum absolute atomic E-state index is 0.0328. The number of hydrogen-bond acceptors (Lipinski definition) is 6. The zero-order valence-electron chi connectivity index (χ0n) is 13.3. The van der Waals surface area contributed by atoms with Crippen LogP contribution >= 0.6 is 0 Å². The van der Waals surface area contributed by atoms with Crippen molar-refractivity contribution in [1.29, 1.82) is 0 Å². The molecule has 1 N–H and O–H groups in total. The van der Waals surface area contributed by atoms with Crippen molar-refractivity contribution in [2.75, 3.05) is 31.1 Å². The number of carbonyl (C=O) groups excluding carboxylic acids is 2. The van der Waals surface area contributed by atoms with Crippen LogP contribution in [0, 0.1) is 0 Å². The quantitative estimate of drug-likeness (QED) is 0.838. The molecule has 0 spiro atoms. The van der Waals surface area contributed by atoms with Gasteiger partial charge in [0.05, 0.1) is 24.2 Å². The van der Waals surface area contributed by atoms with Crippen LogP contribution in [0.2, 0.25) is 0 Å². The minimum Gasteiger partial charge on any atom is -0.445 e. The molecule has 1 fully saturated rings. The van der Waals surface area contributed by atoms with Crippen LogP contribution in [0.1, 0.15) is 10.4 Å². The van der Waals surface area contributed by atoms with Gasteiger partial charge in [0.25, 0.3) is 5.91 Å². The maximum absolute atomic E-state index is 12.1. The Labute approximate surface area is 144 Å². The van der Waals surface area contributed by atoms with E-state index in [0.717, 1.165) is 5.56 Å². The highest BCUT2D eigenvalue weighted by Gasteiger charge is 2.25. The maximum Gasteiger partial charge on any atom is 0.251 e. The molecule has 0 bridgehead atoms. The lowest BCUT2D eigenvalue weighted by Gasteiger charge is -2.26. The third-order valence-corrected chi connectivity index (χ3v) is 5.53. The van der Waals surface area contributed by atoms with Gasteiger partial charge in [0, 0.05) is 24.2 Å². The van der Waals surface area contributed by atoms with E-state index in [9.17, 15) is 18.0 Å². The van der Waals surface area contributed by atoms with Gasteiger partial charge in [0.15, 0.2) is 9.84 Å². The third-order valence-electron chi connectivity index (χ3n) is 3.92. The van der Waals surface area contributed by atoms with Gasteiger partial charge < -0.3 is 14.6 Å². The fourth-order valence-electron chi connectivity index (χ4n) is 2.46. The Morgan fingerprint density at radius 2 is 1.84 bits per heavy atom. The van der Waals surface area contributed by atoms with Crippen molar-refractivity contribution in [2.24, 2.45) is 0 Å². The summed E-state index contributed by atoms with van der Waals surface area (Å²) < 4.78 is 27.9. The Morgan fingerprint density at radius 3 is 2.44 bits per heavy atom. The summed E-state index contributed by atoms with van der Waals surface area (Å²) in [6, 6.07) is 6.65.